The molecule has 7 heteroatoms. The highest BCUT2D eigenvalue weighted by molar-refractivity contribution is 6.06. The van der Waals surface area contributed by atoms with E-state index in [0.717, 1.165) is 18.4 Å². The van der Waals surface area contributed by atoms with Gasteiger partial charge in [-0.2, -0.15) is 5.10 Å². The molecular weight excluding hydrogens is 314 g/mol. The molecule has 24 heavy (non-hydrogen) atoms. The molecule has 0 fully saturated rings. The van der Waals surface area contributed by atoms with Crippen molar-refractivity contribution < 1.29 is 13.6 Å². The largest absolute Gasteiger partial charge is 0.308 e. The molecule has 1 amide bonds. The fourth-order valence-electron chi connectivity index (χ4n) is 3.04. The second kappa shape index (κ2) is 5.67. The van der Waals surface area contributed by atoms with Gasteiger partial charge in [-0.25, -0.2) is 18.3 Å². The van der Waals surface area contributed by atoms with Gasteiger partial charge in [0.2, 0.25) is 0 Å². The van der Waals surface area contributed by atoms with Crippen molar-refractivity contribution in [3.63, 3.8) is 0 Å². The number of carbonyl (C=O) groups is 1. The molecule has 1 aliphatic rings. The molecule has 3 aromatic rings. The number of anilines is 1. The summed E-state index contributed by atoms with van der Waals surface area (Å²) in [6, 6.07) is 7.93. The van der Waals surface area contributed by atoms with Crippen LogP contribution in [0.3, 0.4) is 0 Å². The number of fused-ring (bicyclic) bond motifs is 2. The van der Waals surface area contributed by atoms with Crippen LogP contribution in [0.25, 0.3) is 5.65 Å². The van der Waals surface area contributed by atoms with Gasteiger partial charge in [0.15, 0.2) is 5.65 Å². The lowest BCUT2D eigenvalue weighted by atomic mass is 9.99. The highest BCUT2D eigenvalue weighted by Crippen LogP contribution is 2.32. The van der Waals surface area contributed by atoms with Crippen LogP contribution in [0, 0.1) is 0 Å². The van der Waals surface area contributed by atoms with Crippen LogP contribution in [0.4, 0.5) is 14.5 Å². The lowest BCUT2D eigenvalue weighted by molar-refractivity contribution is 0.0984. The average molecular weight is 328 g/mol. The van der Waals surface area contributed by atoms with E-state index in [-0.39, 0.29) is 11.5 Å². The summed E-state index contributed by atoms with van der Waals surface area (Å²) in [5.41, 5.74) is 2.51. The zero-order valence-corrected chi connectivity index (χ0v) is 12.7. The number of alkyl halides is 2. The van der Waals surface area contributed by atoms with Gasteiger partial charge in [-0.05, 0) is 36.6 Å². The molecule has 0 unspecified atom stereocenters. The van der Waals surface area contributed by atoms with E-state index in [2.05, 4.69) is 10.1 Å². The van der Waals surface area contributed by atoms with Crippen LogP contribution in [0.15, 0.2) is 42.9 Å². The SMILES string of the molecule is O=C(c1ccc2ncnn2c1)N1CCCc2ccc(C(F)F)cc21. The van der Waals surface area contributed by atoms with E-state index in [9.17, 15) is 13.6 Å². The molecule has 0 aliphatic carbocycles. The van der Waals surface area contributed by atoms with Crippen molar-refractivity contribution in [2.45, 2.75) is 19.3 Å². The lowest BCUT2D eigenvalue weighted by Gasteiger charge is -2.30. The lowest BCUT2D eigenvalue weighted by Crippen LogP contribution is -2.35. The zero-order valence-electron chi connectivity index (χ0n) is 12.7. The topological polar surface area (TPSA) is 50.5 Å². The molecule has 1 aromatic carbocycles. The quantitative estimate of drug-likeness (QED) is 0.725. The van der Waals surface area contributed by atoms with Crippen molar-refractivity contribution in [1.29, 1.82) is 0 Å². The molecule has 5 nitrogen and oxygen atoms in total. The third-order valence-corrected chi connectivity index (χ3v) is 4.25. The number of aryl methyl sites for hydroxylation is 1. The standard InChI is InChI=1S/C17H14F2N4O/c18-16(19)12-4-3-11-2-1-7-22(14(11)8-12)17(24)13-5-6-15-20-10-21-23(15)9-13/h3-6,8-10,16H,1-2,7H2. The van der Waals surface area contributed by atoms with Crippen molar-refractivity contribution in [2.24, 2.45) is 0 Å². The Morgan fingerprint density at radius 2 is 2.08 bits per heavy atom. The van der Waals surface area contributed by atoms with Crippen LogP contribution in [-0.2, 0) is 6.42 Å². The molecule has 0 N–H and O–H groups in total. The Morgan fingerprint density at radius 1 is 1.21 bits per heavy atom. The van der Waals surface area contributed by atoms with E-state index in [1.54, 1.807) is 29.3 Å². The monoisotopic (exact) mass is 328 g/mol. The predicted molar refractivity (Wildman–Crippen MR) is 84.4 cm³/mol. The van der Waals surface area contributed by atoms with Crippen molar-refractivity contribution >= 4 is 17.2 Å². The second-order valence-corrected chi connectivity index (χ2v) is 5.73. The summed E-state index contributed by atoms with van der Waals surface area (Å²) in [5.74, 6) is -0.222. The zero-order chi connectivity index (χ0) is 16.7. The number of amides is 1. The number of nitrogens with zero attached hydrogens (tertiary/aromatic N) is 4. The van der Waals surface area contributed by atoms with E-state index in [4.69, 9.17) is 0 Å². The third-order valence-electron chi connectivity index (χ3n) is 4.25. The fourth-order valence-corrected chi connectivity index (χ4v) is 3.04. The molecule has 2 aromatic heterocycles. The molecule has 0 atom stereocenters. The molecule has 0 radical (unpaired) electrons. The van der Waals surface area contributed by atoms with Crippen LogP contribution in [0.5, 0.6) is 0 Å². The van der Waals surface area contributed by atoms with Crippen LogP contribution < -0.4 is 4.90 Å². The Labute approximate surface area is 136 Å². The maximum absolute atomic E-state index is 13.0. The molecule has 122 valence electrons. The summed E-state index contributed by atoms with van der Waals surface area (Å²) in [4.78, 5) is 18.5. The van der Waals surface area contributed by atoms with E-state index >= 15 is 0 Å². The molecular formula is C17H14F2N4O. The summed E-state index contributed by atoms with van der Waals surface area (Å²) < 4.78 is 27.5. The summed E-state index contributed by atoms with van der Waals surface area (Å²) >= 11 is 0. The van der Waals surface area contributed by atoms with Gasteiger partial charge in [-0.3, -0.25) is 4.79 Å². The van der Waals surface area contributed by atoms with Crippen LogP contribution in [0.2, 0.25) is 0 Å². The van der Waals surface area contributed by atoms with E-state index < -0.39 is 6.43 Å². The predicted octanol–water partition coefficient (Wildman–Crippen LogP) is 3.26. The first-order chi connectivity index (χ1) is 11.6. The maximum Gasteiger partial charge on any atom is 0.263 e. The Balaban J connectivity index is 1.74. The minimum Gasteiger partial charge on any atom is -0.308 e. The summed E-state index contributed by atoms with van der Waals surface area (Å²) in [7, 11) is 0. The van der Waals surface area contributed by atoms with Gasteiger partial charge in [0, 0.05) is 24.0 Å². The molecule has 0 saturated carbocycles. The highest BCUT2D eigenvalue weighted by atomic mass is 19.3. The van der Waals surface area contributed by atoms with Gasteiger partial charge in [0.25, 0.3) is 12.3 Å². The van der Waals surface area contributed by atoms with Crippen molar-refractivity contribution in [3.8, 4) is 0 Å². The number of pyridine rings is 1. The Bertz CT molecular complexity index is 922. The molecule has 0 saturated heterocycles. The number of halogens is 2. The smallest absolute Gasteiger partial charge is 0.263 e. The fraction of sp³-hybridized carbons (Fsp3) is 0.235. The summed E-state index contributed by atoms with van der Waals surface area (Å²) in [6.07, 6.45) is 2.05. The number of hydrogen-bond acceptors (Lipinski definition) is 3. The Morgan fingerprint density at radius 3 is 2.92 bits per heavy atom. The van der Waals surface area contributed by atoms with Gasteiger partial charge in [-0.15, -0.1) is 0 Å². The first-order valence-electron chi connectivity index (χ1n) is 7.66. The molecule has 1 aliphatic heterocycles. The van der Waals surface area contributed by atoms with Gasteiger partial charge in [0.05, 0.1) is 5.56 Å². The minimum absolute atomic E-state index is 0.0693. The minimum atomic E-state index is -2.55. The summed E-state index contributed by atoms with van der Waals surface area (Å²) in [5, 5.41) is 4.02. The molecule has 0 bridgehead atoms. The number of aromatic nitrogens is 3. The van der Waals surface area contributed by atoms with Gasteiger partial charge in [-0.1, -0.05) is 12.1 Å². The number of hydrogen-bond donors (Lipinski definition) is 0. The van der Waals surface area contributed by atoms with Gasteiger partial charge in [0.1, 0.15) is 6.33 Å². The van der Waals surface area contributed by atoms with E-state index in [1.165, 1.54) is 23.0 Å². The van der Waals surface area contributed by atoms with Crippen molar-refractivity contribution in [1.82, 2.24) is 14.6 Å². The second-order valence-electron chi connectivity index (χ2n) is 5.73. The third kappa shape index (κ3) is 2.42. The highest BCUT2D eigenvalue weighted by Gasteiger charge is 2.25. The maximum atomic E-state index is 13.0. The van der Waals surface area contributed by atoms with Gasteiger partial charge >= 0.3 is 0 Å². The number of benzene rings is 1. The van der Waals surface area contributed by atoms with Gasteiger partial charge < -0.3 is 4.90 Å². The van der Waals surface area contributed by atoms with E-state index in [1.807, 2.05) is 0 Å². The summed E-state index contributed by atoms with van der Waals surface area (Å²) in [6.45, 7) is 0.508. The van der Waals surface area contributed by atoms with E-state index in [0.29, 0.717) is 23.4 Å². The first-order valence-corrected chi connectivity index (χ1v) is 7.66. The number of carbonyl (C=O) groups excluding carboxylic acids is 1. The van der Waals surface area contributed by atoms with Crippen LogP contribution in [-0.4, -0.2) is 27.0 Å². The average Bonchev–Trinajstić information content (AvgIpc) is 3.07. The first kappa shape index (κ1) is 14.7. The van der Waals surface area contributed by atoms with Crippen molar-refractivity contribution in [2.75, 3.05) is 11.4 Å². The normalized spacial score (nSPS) is 14.2. The molecule has 0 spiro atoms. The van der Waals surface area contributed by atoms with Crippen molar-refractivity contribution in [3.05, 3.63) is 59.5 Å². The molecule has 4 rings (SSSR count). The Kier molecular flexibility index (Phi) is 3.48. The molecule has 3 heterocycles. The van der Waals surface area contributed by atoms with Crippen LogP contribution >= 0.6 is 0 Å². The Hall–Kier alpha value is -2.83. The van der Waals surface area contributed by atoms with Crippen LogP contribution in [0.1, 0.15) is 34.3 Å². The number of rotatable bonds is 2.